The Balaban J connectivity index is 1.79. The fourth-order valence-electron chi connectivity index (χ4n) is 2.77. The second kappa shape index (κ2) is 7.91. The maximum absolute atomic E-state index is 11.7. The number of ether oxygens (including phenoxy) is 3. The van der Waals surface area contributed by atoms with Crippen LogP contribution in [0.25, 0.3) is 12.2 Å². The topological polar surface area (TPSA) is 44.8 Å². The van der Waals surface area contributed by atoms with E-state index in [0.29, 0.717) is 18.8 Å². The highest BCUT2D eigenvalue weighted by Crippen LogP contribution is 2.32. The zero-order chi connectivity index (χ0) is 18.5. The molecule has 0 saturated heterocycles. The molecule has 0 N–H and O–H groups in total. The van der Waals surface area contributed by atoms with Crippen molar-refractivity contribution in [1.82, 2.24) is 0 Å². The molecule has 134 valence electrons. The van der Waals surface area contributed by atoms with Crippen LogP contribution in [0.1, 0.15) is 35.3 Å². The van der Waals surface area contributed by atoms with Crippen molar-refractivity contribution in [3.05, 3.63) is 70.3 Å². The molecule has 26 heavy (non-hydrogen) atoms. The summed E-state index contributed by atoms with van der Waals surface area (Å²) in [5, 5.41) is 0. The standard InChI is InChI=1S/C22H22O4/c1-4-25-22(23)17-7-5-16(6-8-17)11-15(2)19-12-18-9-10-20(24-3)13-21(18)26-14-19/h5-13H,4,14H2,1-3H3. The molecular formula is C22H22O4. The molecule has 0 bridgehead atoms. The van der Waals surface area contributed by atoms with Crippen LogP contribution >= 0.6 is 0 Å². The smallest absolute Gasteiger partial charge is 0.338 e. The molecule has 4 heteroatoms. The average Bonchev–Trinajstić information content (AvgIpc) is 2.67. The number of esters is 1. The number of rotatable bonds is 5. The van der Waals surface area contributed by atoms with E-state index >= 15 is 0 Å². The lowest BCUT2D eigenvalue weighted by molar-refractivity contribution is 0.0526. The van der Waals surface area contributed by atoms with Gasteiger partial charge in [0.15, 0.2) is 0 Å². The van der Waals surface area contributed by atoms with Crippen LogP contribution in [0.15, 0.2) is 53.6 Å². The van der Waals surface area contributed by atoms with Gasteiger partial charge in [0.05, 0.1) is 19.3 Å². The summed E-state index contributed by atoms with van der Waals surface area (Å²) in [5.41, 5.74) is 4.87. The highest BCUT2D eigenvalue weighted by Gasteiger charge is 2.13. The van der Waals surface area contributed by atoms with Gasteiger partial charge in [-0.3, -0.25) is 0 Å². The molecule has 0 unspecified atom stereocenters. The minimum Gasteiger partial charge on any atom is -0.497 e. The summed E-state index contributed by atoms with van der Waals surface area (Å²) in [6.45, 7) is 4.75. The van der Waals surface area contributed by atoms with Crippen LogP contribution in [0.3, 0.4) is 0 Å². The van der Waals surface area contributed by atoms with Gasteiger partial charge in [0.2, 0.25) is 0 Å². The second-order valence-electron chi connectivity index (χ2n) is 6.03. The third-order valence-corrected chi connectivity index (χ3v) is 4.25. The van der Waals surface area contributed by atoms with E-state index in [9.17, 15) is 4.79 Å². The lowest BCUT2D eigenvalue weighted by Crippen LogP contribution is -2.08. The Kier molecular flexibility index (Phi) is 5.42. The van der Waals surface area contributed by atoms with Crippen LogP contribution in [0.2, 0.25) is 0 Å². The molecule has 0 aliphatic carbocycles. The predicted molar refractivity (Wildman–Crippen MR) is 103 cm³/mol. The fraction of sp³-hybridized carbons (Fsp3) is 0.227. The highest BCUT2D eigenvalue weighted by atomic mass is 16.5. The van der Waals surface area contributed by atoms with Crippen LogP contribution < -0.4 is 9.47 Å². The Labute approximate surface area is 153 Å². The number of fused-ring (bicyclic) bond motifs is 1. The molecule has 0 saturated carbocycles. The molecule has 0 amide bonds. The summed E-state index contributed by atoms with van der Waals surface area (Å²) in [4.78, 5) is 11.7. The molecule has 1 heterocycles. The summed E-state index contributed by atoms with van der Waals surface area (Å²) < 4.78 is 16.1. The van der Waals surface area contributed by atoms with E-state index in [1.54, 1.807) is 26.2 Å². The molecular weight excluding hydrogens is 328 g/mol. The molecule has 3 rings (SSSR count). The maximum Gasteiger partial charge on any atom is 0.338 e. The molecule has 2 aromatic carbocycles. The summed E-state index contributed by atoms with van der Waals surface area (Å²) in [5.74, 6) is 1.32. The molecule has 2 aromatic rings. The van der Waals surface area contributed by atoms with Gasteiger partial charge < -0.3 is 14.2 Å². The fourth-order valence-corrected chi connectivity index (χ4v) is 2.77. The lowest BCUT2D eigenvalue weighted by Gasteiger charge is -2.19. The monoisotopic (exact) mass is 350 g/mol. The first-order valence-electron chi connectivity index (χ1n) is 8.58. The van der Waals surface area contributed by atoms with Gasteiger partial charge in [0.25, 0.3) is 0 Å². The van der Waals surface area contributed by atoms with E-state index in [-0.39, 0.29) is 5.97 Å². The number of carbonyl (C=O) groups is 1. The Bertz CT molecular complexity index is 860. The molecule has 1 aliphatic heterocycles. The quantitative estimate of drug-likeness (QED) is 0.730. The molecule has 0 spiro atoms. The van der Waals surface area contributed by atoms with E-state index in [1.165, 1.54) is 0 Å². The van der Waals surface area contributed by atoms with Gasteiger partial charge in [-0.25, -0.2) is 4.79 Å². The first-order valence-corrected chi connectivity index (χ1v) is 8.58. The van der Waals surface area contributed by atoms with Crippen LogP contribution in [-0.2, 0) is 4.74 Å². The molecule has 0 aromatic heterocycles. The highest BCUT2D eigenvalue weighted by molar-refractivity contribution is 5.89. The van der Waals surface area contributed by atoms with Crippen molar-refractivity contribution in [2.24, 2.45) is 0 Å². The van der Waals surface area contributed by atoms with E-state index in [0.717, 1.165) is 33.8 Å². The zero-order valence-electron chi connectivity index (χ0n) is 15.2. The zero-order valence-corrected chi connectivity index (χ0v) is 15.2. The van der Waals surface area contributed by atoms with Crippen LogP contribution in [0.5, 0.6) is 11.5 Å². The number of hydrogen-bond acceptors (Lipinski definition) is 4. The van der Waals surface area contributed by atoms with E-state index in [4.69, 9.17) is 14.2 Å². The SMILES string of the molecule is CCOC(=O)c1ccc(C=C(C)C2=Cc3ccc(OC)cc3OC2)cc1. The van der Waals surface area contributed by atoms with Gasteiger partial charge in [-0.15, -0.1) is 0 Å². The van der Waals surface area contributed by atoms with Gasteiger partial charge >= 0.3 is 5.97 Å². The molecule has 0 atom stereocenters. The Morgan fingerprint density at radius 2 is 1.96 bits per heavy atom. The minimum absolute atomic E-state index is 0.296. The van der Waals surface area contributed by atoms with E-state index in [2.05, 4.69) is 19.1 Å². The van der Waals surface area contributed by atoms with Crippen LogP contribution in [0, 0.1) is 0 Å². The third-order valence-electron chi connectivity index (χ3n) is 4.25. The summed E-state index contributed by atoms with van der Waals surface area (Å²) >= 11 is 0. The molecule has 0 fully saturated rings. The Morgan fingerprint density at radius 1 is 1.19 bits per heavy atom. The van der Waals surface area contributed by atoms with Gasteiger partial charge in [0, 0.05) is 11.6 Å². The number of methoxy groups -OCH3 is 1. The minimum atomic E-state index is -0.296. The number of hydrogen-bond donors (Lipinski definition) is 0. The first kappa shape index (κ1) is 17.8. The molecule has 0 radical (unpaired) electrons. The number of carbonyl (C=O) groups excluding carboxylic acids is 1. The first-order chi connectivity index (χ1) is 12.6. The van der Waals surface area contributed by atoms with Crippen LogP contribution in [0.4, 0.5) is 0 Å². The lowest BCUT2D eigenvalue weighted by atomic mass is 9.99. The predicted octanol–water partition coefficient (Wildman–Crippen LogP) is 4.75. The van der Waals surface area contributed by atoms with Crippen LogP contribution in [-0.4, -0.2) is 26.3 Å². The van der Waals surface area contributed by atoms with Crippen molar-refractivity contribution in [2.45, 2.75) is 13.8 Å². The van der Waals surface area contributed by atoms with Gasteiger partial charge in [-0.2, -0.15) is 0 Å². The van der Waals surface area contributed by atoms with Crippen molar-refractivity contribution in [3.8, 4) is 11.5 Å². The largest absolute Gasteiger partial charge is 0.497 e. The van der Waals surface area contributed by atoms with Crippen molar-refractivity contribution >= 4 is 18.1 Å². The Hall–Kier alpha value is -3.01. The number of benzene rings is 2. The summed E-state index contributed by atoms with van der Waals surface area (Å²) in [6, 6.07) is 13.2. The van der Waals surface area contributed by atoms with Gasteiger partial charge in [0.1, 0.15) is 18.1 Å². The summed E-state index contributed by atoms with van der Waals surface area (Å²) in [6.07, 6.45) is 4.22. The van der Waals surface area contributed by atoms with E-state index in [1.807, 2.05) is 30.3 Å². The normalized spacial score (nSPS) is 13.3. The molecule has 1 aliphatic rings. The Morgan fingerprint density at radius 3 is 2.65 bits per heavy atom. The van der Waals surface area contributed by atoms with Crippen molar-refractivity contribution in [3.63, 3.8) is 0 Å². The van der Waals surface area contributed by atoms with Crippen molar-refractivity contribution < 1.29 is 19.0 Å². The maximum atomic E-state index is 11.7. The third kappa shape index (κ3) is 3.97. The van der Waals surface area contributed by atoms with Crippen molar-refractivity contribution in [1.29, 1.82) is 0 Å². The summed E-state index contributed by atoms with van der Waals surface area (Å²) in [7, 11) is 1.64. The average molecular weight is 350 g/mol. The van der Waals surface area contributed by atoms with Gasteiger partial charge in [-0.1, -0.05) is 18.2 Å². The molecule has 4 nitrogen and oxygen atoms in total. The van der Waals surface area contributed by atoms with Gasteiger partial charge in [-0.05, 0) is 60.9 Å². The second-order valence-corrected chi connectivity index (χ2v) is 6.03. The van der Waals surface area contributed by atoms with E-state index < -0.39 is 0 Å². The van der Waals surface area contributed by atoms with Crippen molar-refractivity contribution in [2.75, 3.05) is 20.3 Å².